The number of benzene rings is 1. The lowest BCUT2D eigenvalue weighted by Gasteiger charge is -2.22. The van der Waals surface area contributed by atoms with Crippen LogP contribution in [0.4, 0.5) is 0 Å². The van der Waals surface area contributed by atoms with Crippen LogP contribution < -0.4 is 0 Å². The number of hydrogen-bond donors (Lipinski definition) is 1. The van der Waals surface area contributed by atoms with Gasteiger partial charge in [0, 0.05) is 0 Å². The van der Waals surface area contributed by atoms with Crippen molar-refractivity contribution in [2.45, 2.75) is 58.7 Å². The Labute approximate surface area is 115 Å². The monoisotopic (exact) mass is 264 g/mol. The van der Waals surface area contributed by atoms with Crippen LogP contribution in [0.25, 0.3) is 0 Å². The van der Waals surface area contributed by atoms with Crippen LogP contribution in [-0.4, -0.2) is 16.7 Å². The number of aliphatic hydroxyl groups excluding tert-OH is 1. The maximum Gasteiger partial charge on any atom is 0.340 e. The van der Waals surface area contributed by atoms with E-state index in [4.69, 9.17) is 4.74 Å². The van der Waals surface area contributed by atoms with Gasteiger partial charge in [0.15, 0.2) is 6.10 Å². The number of carbonyl (C=O) groups is 1. The second kappa shape index (κ2) is 5.33. The van der Waals surface area contributed by atoms with E-state index in [1.54, 1.807) is 32.9 Å². The van der Waals surface area contributed by atoms with E-state index in [-0.39, 0.29) is 5.41 Å². The van der Waals surface area contributed by atoms with Crippen LogP contribution in [0.5, 0.6) is 0 Å². The quantitative estimate of drug-likeness (QED) is 0.833. The smallest absolute Gasteiger partial charge is 0.340 e. The SMILES string of the molecule is CC(C)(C)OC(=O)[C@@H](O)c1ccc(C(C)(C)C)cc1. The molecule has 106 valence electrons. The molecule has 19 heavy (non-hydrogen) atoms. The van der Waals surface area contributed by atoms with Crippen LogP contribution in [-0.2, 0) is 14.9 Å². The van der Waals surface area contributed by atoms with Crippen LogP contribution in [0.1, 0.15) is 58.8 Å². The minimum atomic E-state index is -1.23. The molecule has 3 nitrogen and oxygen atoms in total. The van der Waals surface area contributed by atoms with Crippen LogP contribution in [0.3, 0.4) is 0 Å². The molecule has 0 saturated carbocycles. The van der Waals surface area contributed by atoms with Crippen molar-refractivity contribution in [3.8, 4) is 0 Å². The van der Waals surface area contributed by atoms with E-state index < -0.39 is 17.7 Å². The summed E-state index contributed by atoms with van der Waals surface area (Å²) in [4.78, 5) is 11.8. The Morgan fingerprint density at radius 3 is 1.89 bits per heavy atom. The third kappa shape index (κ3) is 4.67. The Bertz CT molecular complexity index is 433. The summed E-state index contributed by atoms with van der Waals surface area (Å²) in [5, 5.41) is 9.97. The Hall–Kier alpha value is -1.35. The largest absolute Gasteiger partial charge is 0.458 e. The molecule has 0 aromatic heterocycles. The predicted molar refractivity (Wildman–Crippen MR) is 75.9 cm³/mol. The van der Waals surface area contributed by atoms with Gasteiger partial charge in [0.1, 0.15) is 5.60 Å². The van der Waals surface area contributed by atoms with Gasteiger partial charge < -0.3 is 9.84 Å². The Morgan fingerprint density at radius 2 is 1.53 bits per heavy atom. The minimum absolute atomic E-state index is 0.0510. The molecule has 1 N–H and O–H groups in total. The Kier molecular flexibility index (Phi) is 4.41. The molecule has 0 bridgehead atoms. The first kappa shape index (κ1) is 15.7. The van der Waals surface area contributed by atoms with Gasteiger partial charge in [0.05, 0.1) is 0 Å². The van der Waals surface area contributed by atoms with Crippen molar-refractivity contribution < 1.29 is 14.6 Å². The van der Waals surface area contributed by atoms with Gasteiger partial charge >= 0.3 is 5.97 Å². The van der Waals surface area contributed by atoms with Crippen molar-refractivity contribution in [1.29, 1.82) is 0 Å². The van der Waals surface area contributed by atoms with Gasteiger partial charge in [-0.15, -0.1) is 0 Å². The molecule has 0 heterocycles. The van der Waals surface area contributed by atoms with Crippen molar-refractivity contribution in [2.75, 3.05) is 0 Å². The Balaban J connectivity index is 2.84. The lowest BCUT2D eigenvalue weighted by Crippen LogP contribution is -2.27. The molecule has 0 aliphatic heterocycles. The highest BCUT2D eigenvalue weighted by Crippen LogP contribution is 2.25. The summed E-state index contributed by atoms with van der Waals surface area (Å²) in [6.45, 7) is 11.7. The molecule has 0 unspecified atom stereocenters. The number of aliphatic hydroxyl groups is 1. The number of ether oxygens (including phenoxy) is 1. The fourth-order valence-corrected chi connectivity index (χ4v) is 1.66. The van der Waals surface area contributed by atoms with Crippen molar-refractivity contribution in [1.82, 2.24) is 0 Å². The van der Waals surface area contributed by atoms with E-state index in [0.29, 0.717) is 5.56 Å². The molecular weight excluding hydrogens is 240 g/mol. The van der Waals surface area contributed by atoms with Crippen molar-refractivity contribution in [3.05, 3.63) is 35.4 Å². The number of rotatable bonds is 2. The predicted octanol–water partition coefficient (Wildman–Crippen LogP) is 3.36. The van der Waals surface area contributed by atoms with Gasteiger partial charge in [-0.25, -0.2) is 4.79 Å². The molecule has 1 aromatic rings. The standard InChI is InChI=1S/C16H24O3/c1-15(2,3)12-9-7-11(8-10-12)13(17)14(18)19-16(4,5)6/h7-10,13,17H,1-6H3/t13-/m0/s1. The molecule has 1 atom stereocenters. The zero-order valence-electron chi connectivity index (χ0n) is 12.7. The zero-order valence-corrected chi connectivity index (χ0v) is 12.7. The van der Waals surface area contributed by atoms with Crippen LogP contribution in [0.15, 0.2) is 24.3 Å². The second-order valence-electron chi connectivity index (χ2n) is 6.81. The average molecular weight is 264 g/mol. The van der Waals surface area contributed by atoms with Gasteiger partial charge in [-0.2, -0.15) is 0 Å². The van der Waals surface area contributed by atoms with Crippen LogP contribution in [0.2, 0.25) is 0 Å². The van der Waals surface area contributed by atoms with E-state index in [9.17, 15) is 9.90 Å². The molecule has 1 rings (SSSR count). The lowest BCUT2D eigenvalue weighted by molar-refractivity contribution is -0.165. The molecule has 0 amide bonds. The molecule has 0 fully saturated rings. The maximum atomic E-state index is 11.8. The Morgan fingerprint density at radius 1 is 1.05 bits per heavy atom. The van der Waals surface area contributed by atoms with E-state index in [1.165, 1.54) is 0 Å². The first-order valence-corrected chi connectivity index (χ1v) is 6.52. The van der Waals surface area contributed by atoms with Crippen LogP contribution in [0, 0.1) is 0 Å². The van der Waals surface area contributed by atoms with Gasteiger partial charge in [-0.05, 0) is 37.3 Å². The lowest BCUT2D eigenvalue weighted by atomic mass is 9.86. The summed E-state index contributed by atoms with van der Waals surface area (Å²) < 4.78 is 5.16. The second-order valence-corrected chi connectivity index (χ2v) is 6.81. The molecule has 0 aliphatic carbocycles. The molecule has 3 heteroatoms. The summed E-state index contributed by atoms with van der Waals surface area (Å²) >= 11 is 0. The van der Waals surface area contributed by atoms with Gasteiger partial charge in [-0.3, -0.25) is 0 Å². The minimum Gasteiger partial charge on any atom is -0.458 e. The molecule has 0 aliphatic rings. The highest BCUT2D eigenvalue weighted by molar-refractivity contribution is 5.76. The number of hydrogen-bond acceptors (Lipinski definition) is 3. The highest BCUT2D eigenvalue weighted by atomic mass is 16.6. The summed E-state index contributed by atoms with van der Waals surface area (Å²) in [7, 11) is 0. The van der Waals surface area contributed by atoms with E-state index >= 15 is 0 Å². The van der Waals surface area contributed by atoms with E-state index in [1.807, 2.05) is 12.1 Å². The van der Waals surface area contributed by atoms with Crippen molar-refractivity contribution >= 4 is 5.97 Å². The van der Waals surface area contributed by atoms with E-state index in [2.05, 4.69) is 20.8 Å². The van der Waals surface area contributed by atoms with Gasteiger partial charge in [-0.1, -0.05) is 45.0 Å². The van der Waals surface area contributed by atoms with Crippen molar-refractivity contribution in [3.63, 3.8) is 0 Å². The molecule has 1 aromatic carbocycles. The summed E-state index contributed by atoms with van der Waals surface area (Å²) in [6.07, 6.45) is -1.23. The number of carbonyl (C=O) groups excluding carboxylic acids is 1. The molecule has 0 radical (unpaired) electrons. The fraction of sp³-hybridized carbons (Fsp3) is 0.562. The normalized spacial score (nSPS) is 14.1. The first-order chi connectivity index (χ1) is 8.50. The number of esters is 1. The summed E-state index contributed by atoms with van der Waals surface area (Å²) in [6, 6.07) is 7.41. The van der Waals surface area contributed by atoms with Gasteiger partial charge in [0.2, 0.25) is 0 Å². The van der Waals surface area contributed by atoms with Gasteiger partial charge in [0.25, 0.3) is 0 Å². The first-order valence-electron chi connectivity index (χ1n) is 6.52. The maximum absolute atomic E-state index is 11.8. The van der Waals surface area contributed by atoms with E-state index in [0.717, 1.165) is 5.56 Å². The fourth-order valence-electron chi connectivity index (χ4n) is 1.66. The zero-order chi connectivity index (χ0) is 14.8. The molecule has 0 saturated heterocycles. The third-order valence-electron chi connectivity index (χ3n) is 2.72. The topological polar surface area (TPSA) is 46.5 Å². The third-order valence-corrected chi connectivity index (χ3v) is 2.72. The summed E-state index contributed by atoms with van der Waals surface area (Å²) in [5.74, 6) is -0.615. The average Bonchev–Trinajstić information content (AvgIpc) is 2.24. The molecular formula is C16H24O3. The highest BCUT2D eigenvalue weighted by Gasteiger charge is 2.25. The molecule has 0 spiro atoms. The summed E-state index contributed by atoms with van der Waals surface area (Å²) in [5.41, 5.74) is 1.17. The van der Waals surface area contributed by atoms with Crippen LogP contribution >= 0.6 is 0 Å². The van der Waals surface area contributed by atoms with Crippen molar-refractivity contribution in [2.24, 2.45) is 0 Å².